The molecule has 25 heavy (non-hydrogen) atoms. The number of anilines is 1. The van der Waals surface area contributed by atoms with E-state index in [1.807, 2.05) is 13.8 Å². The average Bonchev–Trinajstić information content (AvgIpc) is 2.87. The van der Waals surface area contributed by atoms with Crippen molar-refractivity contribution in [1.29, 1.82) is 0 Å². The van der Waals surface area contributed by atoms with Gasteiger partial charge in [-0.25, -0.2) is 9.97 Å². The Hall–Kier alpha value is -2.06. The van der Waals surface area contributed by atoms with Crippen LogP contribution in [0.3, 0.4) is 0 Å². The lowest BCUT2D eigenvalue weighted by molar-refractivity contribution is 0.239. The van der Waals surface area contributed by atoms with E-state index in [2.05, 4.69) is 30.2 Å². The number of fused-ring (bicyclic) bond motifs is 1. The van der Waals surface area contributed by atoms with Crippen LogP contribution in [0.2, 0.25) is 0 Å². The number of piperazine rings is 1. The molecule has 8 nitrogen and oxygen atoms in total. The molecule has 0 unspecified atom stereocenters. The molecule has 4 heterocycles. The third kappa shape index (κ3) is 3.64. The summed E-state index contributed by atoms with van der Waals surface area (Å²) in [6.07, 6.45) is 2.00. The number of aromatic nitrogens is 4. The lowest BCUT2D eigenvalue weighted by Gasteiger charge is -2.36. The molecule has 1 N–H and O–H groups in total. The quantitative estimate of drug-likeness (QED) is 0.862. The lowest BCUT2D eigenvalue weighted by Crippen LogP contribution is -2.46. The Morgan fingerprint density at radius 2 is 1.80 bits per heavy atom. The molecule has 0 atom stereocenters. The first kappa shape index (κ1) is 16.4. The van der Waals surface area contributed by atoms with Crippen molar-refractivity contribution in [3.8, 4) is 0 Å². The molecule has 2 aromatic heterocycles. The van der Waals surface area contributed by atoms with Gasteiger partial charge in [0.25, 0.3) is 0 Å². The third-order valence-electron chi connectivity index (χ3n) is 4.88. The monoisotopic (exact) mass is 343 g/mol. The smallest absolute Gasteiger partial charge is 0.223 e. The predicted octanol–water partition coefficient (Wildman–Crippen LogP) is 0.487. The Morgan fingerprint density at radius 1 is 1.00 bits per heavy atom. The number of aryl methyl sites for hydroxylation is 2. The van der Waals surface area contributed by atoms with Crippen molar-refractivity contribution in [2.45, 2.75) is 33.2 Å². The predicted molar refractivity (Wildman–Crippen MR) is 93.6 cm³/mol. The zero-order valence-electron chi connectivity index (χ0n) is 15.0. The molecule has 2 aromatic rings. The van der Waals surface area contributed by atoms with Gasteiger partial charge in [0.1, 0.15) is 11.6 Å². The van der Waals surface area contributed by atoms with Crippen molar-refractivity contribution in [1.82, 2.24) is 30.3 Å². The van der Waals surface area contributed by atoms with Crippen LogP contribution in [0, 0.1) is 13.8 Å². The second-order valence-electron chi connectivity index (χ2n) is 6.76. The molecule has 0 aromatic carbocycles. The minimum atomic E-state index is 0.626. The summed E-state index contributed by atoms with van der Waals surface area (Å²) in [5.41, 5.74) is 2.55. The van der Waals surface area contributed by atoms with Crippen molar-refractivity contribution >= 4 is 5.82 Å². The fourth-order valence-electron chi connectivity index (χ4n) is 3.63. The highest BCUT2D eigenvalue weighted by molar-refractivity contribution is 5.50. The van der Waals surface area contributed by atoms with Gasteiger partial charge in [0.05, 0.1) is 12.2 Å². The highest BCUT2D eigenvalue weighted by Gasteiger charge is 2.24. The molecule has 4 rings (SSSR count). The minimum Gasteiger partial charge on any atom is -0.354 e. The molecule has 1 fully saturated rings. The van der Waals surface area contributed by atoms with Gasteiger partial charge in [0.2, 0.25) is 5.89 Å². The summed E-state index contributed by atoms with van der Waals surface area (Å²) in [4.78, 5) is 18.6. The van der Waals surface area contributed by atoms with Crippen molar-refractivity contribution < 1.29 is 4.52 Å². The summed E-state index contributed by atoms with van der Waals surface area (Å²) >= 11 is 0. The standard InChI is InChI=1S/C17H25N7O/c1-12-19-15-4-6-18-5-3-14(15)17(20-12)24-9-7-23(8-10-24)11-16-21-13(2)25-22-16/h18H,3-11H2,1-2H3. The van der Waals surface area contributed by atoms with E-state index in [-0.39, 0.29) is 0 Å². The molecular weight excluding hydrogens is 318 g/mol. The van der Waals surface area contributed by atoms with Crippen molar-refractivity contribution in [3.63, 3.8) is 0 Å². The molecular formula is C17H25N7O. The number of rotatable bonds is 3. The van der Waals surface area contributed by atoms with Gasteiger partial charge in [-0.05, 0) is 19.9 Å². The summed E-state index contributed by atoms with van der Waals surface area (Å²) < 4.78 is 5.06. The summed E-state index contributed by atoms with van der Waals surface area (Å²) in [7, 11) is 0. The Morgan fingerprint density at radius 3 is 2.56 bits per heavy atom. The van der Waals surface area contributed by atoms with E-state index in [1.165, 1.54) is 11.3 Å². The van der Waals surface area contributed by atoms with Gasteiger partial charge < -0.3 is 14.7 Å². The molecule has 1 saturated heterocycles. The SMILES string of the molecule is Cc1nc2c(c(N3CCN(Cc4noc(C)n4)CC3)n1)CCNCC2. The molecule has 0 amide bonds. The molecule has 0 bridgehead atoms. The largest absolute Gasteiger partial charge is 0.354 e. The first-order valence-corrected chi connectivity index (χ1v) is 9.02. The molecule has 8 heteroatoms. The van der Waals surface area contributed by atoms with E-state index < -0.39 is 0 Å². The van der Waals surface area contributed by atoms with Crippen LogP contribution in [0.25, 0.3) is 0 Å². The van der Waals surface area contributed by atoms with Gasteiger partial charge >= 0.3 is 0 Å². The van der Waals surface area contributed by atoms with E-state index in [9.17, 15) is 0 Å². The summed E-state index contributed by atoms with van der Waals surface area (Å²) in [5, 5.41) is 7.46. The van der Waals surface area contributed by atoms with Gasteiger partial charge in [-0.2, -0.15) is 4.98 Å². The zero-order chi connectivity index (χ0) is 17.2. The fraction of sp³-hybridized carbons (Fsp3) is 0.647. The van der Waals surface area contributed by atoms with Crippen molar-refractivity contribution in [3.05, 3.63) is 28.8 Å². The maximum absolute atomic E-state index is 5.06. The maximum Gasteiger partial charge on any atom is 0.223 e. The second kappa shape index (κ2) is 7.05. The molecule has 0 saturated carbocycles. The van der Waals surface area contributed by atoms with Crippen LogP contribution in [0.1, 0.15) is 28.8 Å². The van der Waals surface area contributed by atoms with Gasteiger partial charge in [0.15, 0.2) is 5.82 Å². The van der Waals surface area contributed by atoms with Gasteiger partial charge in [0, 0.05) is 51.6 Å². The van der Waals surface area contributed by atoms with Gasteiger partial charge in [-0.3, -0.25) is 4.90 Å². The highest BCUT2D eigenvalue weighted by atomic mass is 16.5. The lowest BCUT2D eigenvalue weighted by atomic mass is 10.1. The number of nitrogens with one attached hydrogen (secondary N) is 1. The zero-order valence-corrected chi connectivity index (χ0v) is 15.0. The van der Waals surface area contributed by atoms with Crippen LogP contribution in [-0.4, -0.2) is 64.3 Å². The van der Waals surface area contributed by atoms with Crippen LogP contribution in [0.4, 0.5) is 5.82 Å². The molecule has 0 spiro atoms. The minimum absolute atomic E-state index is 0.626. The number of hydrogen-bond acceptors (Lipinski definition) is 8. The van der Waals surface area contributed by atoms with Crippen LogP contribution >= 0.6 is 0 Å². The van der Waals surface area contributed by atoms with E-state index in [4.69, 9.17) is 9.51 Å². The Kier molecular flexibility index (Phi) is 4.63. The molecule has 0 radical (unpaired) electrons. The van der Waals surface area contributed by atoms with Crippen molar-refractivity contribution in [2.24, 2.45) is 0 Å². The van der Waals surface area contributed by atoms with E-state index in [0.29, 0.717) is 5.89 Å². The van der Waals surface area contributed by atoms with E-state index >= 15 is 0 Å². The number of hydrogen-bond donors (Lipinski definition) is 1. The van der Waals surface area contributed by atoms with Crippen molar-refractivity contribution in [2.75, 3.05) is 44.2 Å². The van der Waals surface area contributed by atoms with Crippen LogP contribution in [0.5, 0.6) is 0 Å². The Bertz CT molecular complexity index is 737. The number of nitrogens with zero attached hydrogens (tertiary/aromatic N) is 6. The van der Waals surface area contributed by atoms with Crippen LogP contribution in [0.15, 0.2) is 4.52 Å². The summed E-state index contributed by atoms with van der Waals surface area (Å²) in [6.45, 7) is 10.5. The van der Waals surface area contributed by atoms with Gasteiger partial charge in [-0.1, -0.05) is 5.16 Å². The maximum atomic E-state index is 5.06. The molecule has 2 aliphatic rings. The van der Waals surface area contributed by atoms with E-state index in [0.717, 1.165) is 76.1 Å². The second-order valence-corrected chi connectivity index (χ2v) is 6.76. The first-order chi connectivity index (χ1) is 12.2. The van der Waals surface area contributed by atoms with Crippen LogP contribution < -0.4 is 10.2 Å². The molecule has 134 valence electrons. The first-order valence-electron chi connectivity index (χ1n) is 9.02. The highest BCUT2D eigenvalue weighted by Crippen LogP contribution is 2.24. The van der Waals surface area contributed by atoms with E-state index in [1.54, 1.807) is 0 Å². The topological polar surface area (TPSA) is 83.2 Å². The Labute approximate surface area is 147 Å². The molecule has 2 aliphatic heterocycles. The normalized spacial score (nSPS) is 18.9. The summed E-state index contributed by atoms with van der Waals surface area (Å²) in [6, 6.07) is 0. The summed E-state index contributed by atoms with van der Waals surface area (Å²) in [5.74, 6) is 3.41. The van der Waals surface area contributed by atoms with Gasteiger partial charge in [-0.15, -0.1) is 0 Å². The molecule has 0 aliphatic carbocycles. The average molecular weight is 343 g/mol. The third-order valence-corrected chi connectivity index (χ3v) is 4.88. The fourth-order valence-corrected chi connectivity index (χ4v) is 3.63. The van der Waals surface area contributed by atoms with Crippen LogP contribution in [-0.2, 0) is 19.4 Å². The Balaban J connectivity index is 1.46.